The Morgan fingerprint density at radius 1 is 1.06 bits per heavy atom. The molecule has 0 unspecified atom stereocenters. The highest BCUT2D eigenvalue weighted by Crippen LogP contribution is 2.29. The van der Waals surface area contributed by atoms with Crippen molar-refractivity contribution >= 4 is 40.6 Å². The van der Waals surface area contributed by atoms with Crippen LogP contribution in [0.1, 0.15) is 23.8 Å². The van der Waals surface area contributed by atoms with E-state index in [4.69, 9.17) is 4.74 Å². The molecule has 1 fully saturated rings. The van der Waals surface area contributed by atoms with Crippen molar-refractivity contribution in [2.75, 3.05) is 16.8 Å². The standard InChI is InChI=1S/C25H25N3O4S/c1-3-32-20-12-8-18(9-13-20)26-23(29)15-22-24(30)28(19-10-6-17(2)7-11-19)25(31)27(22)16-21-5-4-14-33-21/h4-14,22H,3,15-16H2,1-2H3,(H,26,29)/t22-/m1/s1. The van der Waals surface area contributed by atoms with Crippen molar-refractivity contribution in [3.05, 3.63) is 76.5 Å². The van der Waals surface area contributed by atoms with Gasteiger partial charge in [-0.15, -0.1) is 11.3 Å². The zero-order chi connectivity index (χ0) is 23.4. The van der Waals surface area contributed by atoms with Gasteiger partial charge in [0.2, 0.25) is 5.91 Å². The van der Waals surface area contributed by atoms with Crippen LogP contribution in [0.5, 0.6) is 5.75 Å². The molecule has 0 bridgehead atoms. The van der Waals surface area contributed by atoms with E-state index in [0.717, 1.165) is 10.4 Å². The van der Waals surface area contributed by atoms with E-state index < -0.39 is 18.0 Å². The van der Waals surface area contributed by atoms with Gasteiger partial charge in [0, 0.05) is 10.6 Å². The summed E-state index contributed by atoms with van der Waals surface area (Å²) in [4.78, 5) is 43.0. The van der Waals surface area contributed by atoms with Crippen LogP contribution in [0.3, 0.4) is 0 Å². The highest BCUT2D eigenvalue weighted by Gasteiger charge is 2.46. The number of benzene rings is 2. The van der Waals surface area contributed by atoms with Gasteiger partial charge in [-0.25, -0.2) is 9.69 Å². The predicted molar refractivity (Wildman–Crippen MR) is 129 cm³/mol. The number of carbonyl (C=O) groups is 3. The van der Waals surface area contributed by atoms with Crippen LogP contribution in [0, 0.1) is 6.92 Å². The molecule has 1 atom stereocenters. The number of thiophene rings is 1. The van der Waals surface area contributed by atoms with Crippen molar-refractivity contribution in [2.45, 2.75) is 32.9 Å². The summed E-state index contributed by atoms with van der Waals surface area (Å²) in [6.07, 6.45) is -0.133. The second kappa shape index (κ2) is 9.87. The Labute approximate surface area is 196 Å². The van der Waals surface area contributed by atoms with Crippen LogP contribution in [0.4, 0.5) is 16.2 Å². The fraction of sp³-hybridized carbons (Fsp3) is 0.240. The number of hydrogen-bond donors (Lipinski definition) is 1. The van der Waals surface area contributed by atoms with Crippen LogP contribution < -0.4 is 15.0 Å². The average Bonchev–Trinajstić information content (AvgIpc) is 3.39. The number of nitrogens with zero attached hydrogens (tertiary/aromatic N) is 2. The SMILES string of the molecule is CCOc1ccc(NC(=O)C[C@@H]2C(=O)N(c3ccc(C)cc3)C(=O)N2Cc2cccs2)cc1. The average molecular weight is 464 g/mol. The summed E-state index contributed by atoms with van der Waals surface area (Å²) in [6, 6.07) is 16.7. The van der Waals surface area contributed by atoms with E-state index in [1.165, 1.54) is 21.1 Å². The summed E-state index contributed by atoms with van der Waals surface area (Å²) in [5.41, 5.74) is 2.13. The van der Waals surface area contributed by atoms with Crippen molar-refractivity contribution in [2.24, 2.45) is 0 Å². The van der Waals surface area contributed by atoms with Crippen molar-refractivity contribution in [1.29, 1.82) is 0 Å². The predicted octanol–water partition coefficient (Wildman–Crippen LogP) is 4.82. The number of carbonyl (C=O) groups excluding carboxylic acids is 3. The summed E-state index contributed by atoms with van der Waals surface area (Å²) in [5.74, 6) is -0.0302. The number of anilines is 2. The van der Waals surface area contributed by atoms with Crippen LogP contribution in [0.25, 0.3) is 0 Å². The maximum absolute atomic E-state index is 13.3. The lowest BCUT2D eigenvalue weighted by atomic mass is 10.1. The summed E-state index contributed by atoms with van der Waals surface area (Å²) >= 11 is 1.50. The molecule has 1 saturated heterocycles. The van der Waals surface area contributed by atoms with E-state index in [0.29, 0.717) is 23.7 Å². The fourth-order valence-electron chi connectivity index (χ4n) is 3.70. The minimum Gasteiger partial charge on any atom is -0.494 e. The molecule has 2 heterocycles. The lowest BCUT2D eigenvalue weighted by molar-refractivity contribution is -0.124. The molecule has 0 saturated carbocycles. The Hall–Kier alpha value is -3.65. The van der Waals surface area contributed by atoms with Crippen molar-refractivity contribution in [3.63, 3.8) is 0 Å². The van der Waals surface area contributed by atoms with Crippen molar-refractivity contribution in [3.8, 4) is 5.75 Å². The molecule has 4 rings (SSSR count). The largest absolute Gasteiger partial charge is 0.494 e. The zero-order valence-electron chi connectivity index (χ0n) is 18.5. The molecule has 1 aliphatic rings. The molecular formula is C25H25N3O4S. The number of hydrogen-bond acceptors (Lipinski definition) is 5. The van der Waals surface area contributed by atoms with Crippen LogP contribution in [-0.2, 0) is 16.1 Å². The van der Waals surface area contributed by atoms with Gasteiger partial charge in [0.1, 0.15) is 11.8 Å². The zero-order valence-corrected chi connectivity index (χ0v) is 19.3. The molecule has 8 heteroatoms. The van der Waals surface area contributed by atoms with E-state index in [2.05, 4.69) is 5.32 Å². The van der Waals surface area contributed by atoms with Crippen LogP contribution >= 0.6 is 11.3 Å². The Bertz CT molecular complexity index is 1130. The second-order valence-electron chi connectivity index (χ2n) is 7.72. The maximum Gasteiger partial charge on any atom is 0.332 e. The first-order valence-electron chi connectivity index (χ1n) is 10.7. The molecule has 1 aliphatic heterocycles. The van der Waals surface area contributed by atoms with Gasteiger partial charge in [0.15, 0.2) is 0 Å². The third-order valence-electron chi connectivity index (χ3n) is 5.34. The molecule has 7 nitrogen and oxygen atoms in total. The smallest absolute Gasteiger partial charge is 0.332 e. The maximum atomic E-state index is 13.3. The van der Waals surface area contributed by atoms with Crippen LogP contribution in [0.15, 0.2) is 66.0 Å². The molecule has 4 amide bonds. The number of urea groups is 1. The van der Waals surface area contributed by atoms with Gasteiger partial charge in [-0.2, -0.15) is 0 Å². The molecule has 0 radical (unpaired) electrons. The van der Waals surface area contributed by atoms with Gasteiger partial charge in [-0.1, -0.05) is 23.8 Å². The number of rotatable bonds is 8. The molecule has 0 aliphatic carbocycles. The molecule has 170 valence electrons. The fourth-order valence-corrected chi connectivity index (χ4v) is 4.41. The number of ether oxygens (including phenoxy) is 1. The normalized spacial score (nSPS) is 15.8. The number of amides is 4. The molecule has 0 spiro atoms. The Morgan fingerprint density at radius 2 is 1.79 bits per heavy atom. The molecular weight excluding hydrogens is 438 g/mol. The summed E-state index contributed by atoms with van der Waals surface area (Å²) in [6.45, 7) is 4.67. The van der Waals surface area contributed by atoms with E-state index in [-0.39, 0.29) is 18.9 Å². The first kappa shape index (κ1) is 22.5. The monoisotopic (exact) mass is 463 g/mol. The molecule has 1 N–H and O–H groups in total. The lowest BCUT2D eigenvalue weighted by Gasteiger charge is -2.21. The molecule has 3 aromatic rings. The van der Waals surface area contributed by atoms with E-state index in [1.54, 1.807) is 36.4 Å². The van der Waals surface area contributed by atoms with Crippen LogP contribution in [0.2, 0.25) is 0 Å². The first-order chi connectivity index (χ1) is 16.0. The second-order valence-corrected chi connectivity index (χ2v) is 8.76. The van der Waals surface area contributed by atoms with Gasteiger partial charge in [-0.05, 0) is 61.7 Å². The highest BCUT2D eigenvalue weighted by atomic mass is 32.1. The lowest BCUT2D eigenvalue weighted by Crippen LogP contribution is -2.37. The van der Waals surface area contributed by atoms with E-state index >= 15 is 0 Å². The third-order valence-corrected chi connectivity index (χ3v) is 6.21. The molecule has 1 aromatic heterocycles. The van der Waals surface area contributed by atoms with Gasteiger partial charge in [0.05, 0.1) is 25.3 Å². The van der Waals surface area contributed by atoms with Gasteiger partial charge < -0.3 is 15.0 Å². The Balaban J connectivity index is 1.53. The summed E-state index contributed by atoms with van der Waals surface area (Å²) in [5, 5.41) is 4.73. The summed E-state index contributed by atoms with van der Waals surface area (Å²) < 4.78 is 5.42. The van der Waals surface area contributed by atoms with Crippen LogP contribution in [-0.4, -0.2) is 35.4 Å². The number of imide groups is 1. The first-order valence-corrected chi connectivity index (χ1v) is 11.6. The van der Waals surface area contributed by atoms with E-state index in [9.17, 15) is 14.4 Å². The Kier molecular flexibility index (Phi) is 6.74. The molecule has 2 aromatic carbocycles. The topological polar surface area (TPSA) is 79.0 Å². The van der Waals surface area contributed by atoms with Crippen molar-refractivity contribution in [1.82, 2.24) is 4.90 Å². The van der Waals surface area contributed by atoms with E-state index in [1.807, 2.05) is 43.5 Å². The minimum atomic E-state index is -0.886. The molecule has 33 heavy (non-hydrogen) atoms. The quantitative estimate of drug-likeness (QED) is 0.486. The number of nitrogens with one attached hydrogen (secondary N) is 1. The Morgan fingerprint density at radius 3 is 2.42 bits per heavy atom. The summed E-state index contributed by atoms with van der Waals surface area (Å²) in [7, 11) is 0. The van der Waals surface area contributed by atoms with Crippen molar-refractivity contribution < 1.29 is 19.1 Å². The van der Waals surface area contributed by atoms with Gasteiger partial charge in [-0.3, -0.25) is 9.59 Å². The highest BCUT2D eigenvalue weighted by molar-refractivity contribution is 7.09. The van der Waals surface area contributed by atoms with Gasteiger partial charge >= 0.3 is 6.03 Å². The van der Waals surface area contributed by atoms with Gasteiger partial charge in [0.25, 0.3) is 5.91 Å². The minimum absolute atomic E-state index is 0.133. The third kappa shape index (κ3) is 5.06. The number of aryl methyl sites for hydroxylation is 1.